The maximum absolute atomic E-state index is 6.13. The molecular formula is C75H49N7O2. The summed E-state index contributed by atoms with van der Waals surface area (Å²) >= 11 is 0. The summed E-state index contributed by atoms with van der Waals surface area (Å²) in [4.78, 5) is 5.36. The zero-order valence-corrected chi connectivity index (χ0v) is 45.8. The number of para-hydroxylation sites is 10. The van der Waals surface area contributed by atoms with Gasteiger partial charge in [-0.15, -0.1) is 0 Å². The van der Waals surface area contributed by atoms with E-state index in [4.69, 9.17) is 14.5 Å². The summed E-state index contributed by atoms with van der Waals surface area (Å²) in [6, 6.07) is 92.9. The normalized spacial score (nSPS) is 12.2. The van der Waals surface area contributed by atoms with E-state index in [1.807, 2.05) is 0 Å². The lowest BCUT2D eigenvalue weighted by atomic mass is 10.0. The average molecular weight is 1080 g/mol. The van der Waals surface area contributed by atoms with Gasteiger partial charge in [0.1, 0.15) is 17.8 Å². The third-order valence-electron chi connectivity index (χ3n) is 17.7. The highest BCUT2D eigenvalue weighted by atomic mass is 16.5. The maximum Gasteiger partial charge on any atom is 0.119 e. The number of imidazole rings is 1. The standard InChI is InChI=1S/C75H49N7O2/c1-83-46-39-41-67-56(43-46)57-44-47(84-2)40-42-68(57)82(67)75-73(80-63-34-16-7-25-52(63)53-26-8-17-35-64(53)80)71(78-59-30-12-3-21-48(59)49-22-4-13-31-60(49)78)70(77-45-76-58-29-11-20-38-69(58)77)72(79-61-32-14-5-23-50(61)51-24-6-15-33-62(51)79)74(75)81-65-36-18-9-27-54(65)55-28-10-19-37-66(55)81/h3-45H,1-2H3. The minimum atomic E-state index is 0.758. The van der Waals surface area contributed by atoms with Gasteiger partial charge in [0.2, 0.25) is 0 Å². The topological polar surface area (TPSA) is 60.9 Å². The van der Waals surface area contributed by atoms with E-state index in [1.54, 1.807) is 14.2 Å². The van der Waals surface area contributed by atoms with Crippen LogP contribution >= 0.6 is 0 Å². The smallest absolute Gasteiger partial charge is 0.119 e. The summed E-state index contributed by atoms with van der Waals surface area (Å²) in [7, 11) is 3.49. The SMILES string of the molecule is COc1ccc2c(c1)c1cc(OC)ccc1n2-c1c(-n2c3ccccc3c3ccccc32)c(-n2c3ccccc3c3ccccc32)c(-n2cnc3ccccc32)c(-n2c3ccccc3c3ccccc32)c1-n1c2ccccc2c2ccccc21. The van der Waals surface area contributed by atoms with Crippen molar-refractivity contribution in [2.24, 2.45) is 0 Å². The first kappa shape index (κ1) is 46.5. The first-order chi connectivity index (χ1) is 41.7. The Morgan fingerprint density at radius 1 is 0.238 bits per heavy atom. The summed E-state index contributed by atoms with van der Waals surface area (Å²) in [5, 5.41) is 11.2. The Labute approximate surface area is 480 Å². The van der Waals surface area contributed by atoms with Gasteiger partial charge >= 0.3 is 0 Å². The van der Waals surface area contributed by atoms with Gasteiger partial charge in [0, 0.05) is 53.9 Å². The molecule has 0 N–H and O–H groups in total. The largest absolute Gasteiger partial charge is 0.497 e. The van der Waals surface area contributed by atoms with Crippen LogP contribution < -0.4 is 9.47 Å². The van der Waals surface area contributed by atoms with Crippen molar-refractivity contribution in [3.8, 4) is 45.6 Å². The molecule has 84 heavy (non-hydrogen) atoms. The van der Waals surface area contributed by atoms with Crippen LogP contribution in [0.2, 0.25) is 0 Å². The molecule has 0 aliphatic heterocycles. The molecule has 0 fully saturated rings. The molecule has 6 aromatic heterocycles. The van der Waals surface area contributed by atoms with Gasteiger partial charge in [-0.3, -0.25) is 4.57 Å². The van der Waals surface area contributed by atoms with Crippen molar-refractivity contribution in [2.75, 3.05) is 14.2 Å². The van der Waals surface area contributed by atoms with Crippen LogP contribution in [-0.2, 0) is 0 Å². The Morgan fingerprint density at radius 2 is 0.476 bits per heavy atom. The van der Waals surface area contributed by atoms with Gasteiger partial charge in [0.15, 0.2) is 0 Å². The van der Waals surface area contributed by atoms with Gasteiger partial charge in [0.25, 0.3) is 0 Å². The molecule has 18 aromatic rings. The van der Waals surface area contributed by atoms with Crippen LogP contribution in [0.1, 0.15) is 0 Å². The monoisotopic (exact) mass is 1080 g/mol. The molecule has 0 saturated carbocycles. The van der Waals surface area contributed by atoms with Crippen LogP contribution in [-0.4, -0.2) is 46.6 Å². The van der Waals surface area contributed by atoms with E-state index in [0.717, 1.165) is 166 Å². The number of hydrogen-bond donors (Lipinski definition) is 0. The fourth-order valence-electron chi connectivity index (χ4n) is 14.2. The number of aromatic nitrogens is 7. The van der Waals surface area contributed by atoms with Crippen molar-refractivity contribution >= 4 is 120 Å². The molecule has 18 rings (SSSR count). The van der Waals surface area contributed by atoms with Crippen molar-refractivity contribution in [2.45, 2.75) is 0 Å². The van der Waals surface area contributed by atoms with E-state index in [0.29, 0.717) is 0 Å². The molecule has 0 atom stereocenters. The molecule has 0 spiro atoms. The van der Waals surface area contributed by atoms with E-state index in [9.17, 15) is 0 Å². The van der Waals surface area contributed by atoms with E-state index in [2.05, 4.69) is 289 Å². The van der Waals surface area contributed by atoms with Crippen molar-refractivity contribution in [3.63, 3.8) is 0 Å². The number of benzene rings is 12. The summed E-state index contributed by atoms with van der Waals surface area (Å²) in [5.41, 5.74) is 18.0. The van der Waals surface area contributed by atoms with E-state index < -0.39 is 0 Å². The zero-order valence-electron chi connectivity index (χ0n) is 45.8. The maximum atomic E-state index is 6.13. The van der Waals surface area contributed by atoms with Crippen LogP contribution in [0.25, 0.3) is 154 Å². The average Bonchev–Trinajstić information content (AvgIpc) is 1.46. The molecule has 12 aromatic carbocycles. The highest BCUT2D eigenvalue weighted by Gasteiger charge is 2.37. The zero-order chi connectivity index (χ0) is 55.3. The van der Waals surface area contributed by atoms with Gasteiger partial charge < -0.3 is 32.3 Å². The Hall–Kier alpha value is -11.3. The van der Waals surface area contributed by atoms with Crippen LogP contribution in [0.3, 0.4) is 0 Å². The number of methoxy groups -OCH3 is 2. The summed E-state index contributed by atoms with van der Waals surface area (Å²) < 4.78 is 27.4. The van der Waals surface area contributed by atoms with Gasteiger partial charge in [-0.05, 0) is 97.1 Å². The Bertz CT molecular complexity index is 5280. The summed E-state index contributed by atoms with van der Waals surface area (Å²) in [5.74, 6) is 1.52. The highest BCUT2D eigenvalue weighted by Crippen LogP contribution is 2.53. The van der Waals surface area contributed by atoms with Crippen LogP contribution in [0.4, 0.5) is 0 Å². The minimum Gasteiger partial charge on any atom is -0.497 e. The third kappa shape index (κ3) is 6.24. The van der Waals surface area contributed by atoms with Crippen LogP contribution in [0, 0.1) is 0 Å². The predicted octanol–water partition coefficient (Wildman–Crippen LogP) is 18.5. The lowest BCUT2D eigenvalue weighted by molar-refractivity contribution is 0.415. The number of nitrogens with zero attached hydrogens (tertiary/aromatic N) is 7. The molecule has 0 bridgehead atoms. The fourth-order valence-corrected chi connectivity index (χ4v) is 14.2. The number of ether oxygens (including phenoxy) is 2. The first-order valence-electron chi connectivity index (χ1n) is 28.4. The summed E-state index contributed by atoms with van der Waals surface area (Å²) in [6.07, 6.45) is 2.05. The second-order valence-electron chi connectivity index (χ2n) is 21.8. The number of hydrogen-bond acceptors (Lipinski definition) is 3. The number of rotatable bonds is 8. The summed E-state index contributed by atoms with van der Waals surface area (Å²) in [6.45, 7) is 0. The quantitative estimate of drug-likeness (QED) is 0.152. The Morgan fingerprint density at radius 3 is 0.762 bits per heavy atom. The lowest BCUT2D eigenvalue weighted by Gasteiger charge is -2.32. The molecule has 0 amide bonds. The second kappa shape index (κ2) is 17.6. The van der Waals surface area contributed by atoms with Crippen molar-refractivity contribution in [1.82, 2.24) is 32.4 Å². The Balaban J connectivity index is 1.26. The van der Waals surface area contributed by atoms with Gasteiger partial charge in [-0.2, -0.15) is 0 Å². The molecule has 0 aliphatic carbocycles. The molecule has 0 radical (unpaired) electrons. The van der Waals surface area contributed by atoms with Crippen molar-refractivity contribution < 1.29 is 9.47 Å². The molecule has 0 saturated heterocycles. The third-order valence-corrected chi connectivity index (χ3v) is 17.7. The molecule has 6 heterocycles. The van der Waals surface area contributed by atoms with E-state index in [-0.39, 0.29) is 0 Å². The Kier molecular flexibility index (Phi) is 9.74. The fraction of sp³-hybridized carbons (Fsp3) is 0.0267. The van der Waals surface area contributed by atoms with Gasteiger partial charge in [0.05, 0.1) is 115 Å². The van der Waals surface area contributed by atoms with Crippen LogP contribution in [0.5, 0.6) is 11.5 Å². The van der Waals surface area contributed by atoms with Crippen molar-refractivity contribution in [1.29, 1.82) is 0 Å². The molecule has 9 heteroatoms. The van der Waals surface area contributed by atoms with E-state index >= 15 is 0 Å². The molecule has 396 valence electrons. The highest BCUT2D eigenvalue weighted by molar-refractivity contribution is 6.19. The van der Waals surface area contributed by atoms with Gasteiger partial charge in [-0.25, -0.2) is 4.98 Å². The van der Waals surface area contributed by atoms with E-state index in [1.165, 1.54) is 0 Å². The minimum absolute atomic E-state index is 0.758. The van der Waals surface area contributed by atoms with Crippen LogP contribution in [0.15, 0.2) is 261 Å². The van der Waals surface area contributed by atoms with Gasteiger partial charge in [-0.1, -0.05) is 158 Å². The first-order valence-corrected chi connectivity index (χ1v) is 28.4. The lowest BCUT2D eigenvalue weighted by Crippen LogP contribution is -2.20. The van der Waals surface area contributed by atoms with Crippen molar-refractivity contribution in [3.05, 3.63) is 261 Å². The second-order valence-corrected chi connectivity index (χ2v) is 21.8. The number of fused-ring (bicyclic) bond motifs is 16. The molecular weight excluding hydrogens is 1030 g/mol. The predicted molar refractivity (Wildman–Crippen MR) is 346 cm³/mol. The molecule has 0 unspecified atom stereocenters. The molecule has 9 nitrogen and oxygen atoms in total. The molecule has 0 aliphatic rings.